The van der Waals surface area contributed by atoms with Gasteiger partial charge < -0.3 is 10.3 Å². The lowest BCUT2D eigenvalue weighted by molar-refractivity contribution is -0.121. The molecule has 1 aromatic carbocycles. The minimum absolute atomic E-state index is 0.179. The smallest absolute Gasteiger partial charge is 0.220 e. The van der Waals surface area contributed by atoms with Gasteiger partial charge in [-0.05, 0) is 37.5 Å². The van der Waals surface area contributed by atoms with E-state index in [1.165, 1.54) is 27.7 Å². The van der Waals surface area contributed by atoms with Crippen LogP contribution in [0.1, 0.15) is 36.6 Å². The molecular weight excluding hydrogens is 236 g/mol. The van der Waals surface area contributed by atoms with Crippen molar-refractivity contribution in [3.8, 4) is 0 Å². The molecule has 0 aliphatic heterocycles. The second-order valence-corrected chi connectivity index (χ2v) is 5.55. The SMILES string of the molecule is CCCC(=O)NC1Cc2[nH]c3ccc(C)cc3c2C1. The molecule has 1 aliphatic carbocycles. The third-order valence-electron chi connectivity index (χ3n) is 3.89. The molecular formula is C16H20N2O. The van der Waals surface area contributed by atoms with Gasteiger partial charge in [0.15, 0.2) is 0 Å². The van der Waals surface area contributed by atoms with Gasteiger partial charge in [0.2, 0.25) is 5.91 Å². The van der Waals surface area contributed by atoms with Crippen molar-refractivity contribution in [1.82, 2.24) is 10.3 Å². The zero-order valence-electron chi connectivity index (χ0n) is 11.5. The van der Waals surface area contributed by atoms with Crippen LogP contribution in [-0.2, 0) is 17.6 Å². The van der Waals surface area contributed by atoms with E-state index in [1.54, 1.807) is 0 Å². The number of aromatic amines is 1. The molecule has 2 N–H and O–H groups in total. The molecule has 0 bridgehead atoms. The van der Waals surface area contributed by atoms with E-state index in [0.717, 1.165) is 19.3 Å². The van der Waals surface area contributed by atoms with Crippen molar-refractivity contribution in [1.29, 1.82) is 0 Å². The second kappa shape index (κ2) is 4.72. The van der Waals surface area contributed by atoms with Crippen LogP contribution in [-0.4, -0.2) is 16.9 Å². The third-order valence-corrected chi connectivity index (χ3v) is 3.89. The van der Waals surface area contributed by atoms with Gasteiger partial charge in [-0.15, -0.1) is 0 Å². The zero-order chi connectivity index (χ0) is 13.4. The number of nitrogens with one attached hydrogen (secondary N) is 2. The fourth-order valence-corrected chi connectivity index (χ4v) is 3.02. The van der Waals surface area contributed by atoms with E-state index in [-0.39, 0.29) is 11.9 Å². The Balaban J connectivity index is 1.81. The van der Waals surface area contributed by atoms with E-state index in [2.05, 4.69) is 35.4 Å². The lowest BCUT2D eigenvalue weighted by Crippen LogP contribution is -2.35. The Hall–Kier alpha value is -1.77. The summed E-state index contributed by atoms with van der Waals surface area (Å²) in [4.78, 5) is 15.2. The van der Waals surface area contributed by atoms with Gasteiger partial charge in [-0.1, -0.05) is 18.6 Å². The zero-order valence-corrected chi connectivity index (χ0v) is 11.5. The highest BCUT2D eigenvalue weighted by molar-refractivity contribution is 5.86. The van der Waals surface area contributed by atoms with Crippen molar-refractivity contribution >= 4 is 16.8 Å². The lowest BCUT2D eigenvalue weighted by Gasteiger charge is -2.12. The number of carbonyl (C=O) groups excluding carboxylic acids is 1. The molecule has 0 spiro atoms. The van der Waals surface area contributed by atoms with Crippen LogP contribution < -0.4 is 5.32 Å². The van der Waals surface area contributed by atoms with E-state index in [1.807, 2.05) is 6.92 Å². The molecule has 100 valence electrons. The Morgan fingerprint density at radius 3 is 3.05 bits per heavy atom. The second-order valence-electron chi connectivity index (χ2n) is 5.55. The minimum Gasteiger partial charge on any atom is -0.358 e. The molecule has 1 atom stereocenters. The first-order valence-electron chi connectivity index (χ1n) is 7.07. The fourth-order valence-electron chi connectivity index (χ4n) is 3.02. The van der Waals surface area contributed by atoms with Crippen molar-refractivity contribution in [3.63, 3.8) is 0 Å². The molecule has 1 amide bonds. The normalized spacial score (nSPS) is 17.7. The van der Waals surface area contributed by atoms with Crippen LogP contribution in [0.5, 0.6) is 0 Å². The molecule has 0 saturated heterocycles. The largest absolute Gasteiger partial charge is 0.358 e. The first-order valence-corrected chi connectivity index (χ1v) is 7.07. The number of aromatic nitrogens is 1. The Kier molecular flexibility index (Phi) is 3.05. The highest BCUT2D eigenvalue weighted by Gasteiger charge is 2.26. The molecule has 1 aliphatic rings. The number of carbonyl (C=O) groups is 1. The molecule has 3 heteroatoms. The van der Waals surface area contributed by atoms with E-state index in [0.29, 0.717) is 6.42 Å². The number of H-pyrrole nitrogens is 1. The average Bonchev–Trinajstić information content (AvgIpc) is 2.87. The van der Waals surface area contributed by atoms with Crippen molar-refractivity contribution in [3.05, 3.63) is 35.0 Å². The number of aryl methyl sites for hydroxylation is 1. The Bertz CT molecular complexity index is 627. The number of hydrogen-bond donors (Lipinski definition) is 2. The third kappa shape index (κ3) is 2.25. The van der Waals surface area contributed by atoms with E-state index < -0.39 is 0 Å². The summed E-state index contributed by atoms with van der Waals surface area (Å²) >= 11 is 0. The van der Waals surface area contributed by atoms with Crippen molar-refractivity contribution in [2.75, 3.05) is 0 Å². The number of hydrogen-bond acceptors (Lipinski definition) is 1. The Labute approximate surface area is 113 Å². The quantitative estimate of drug-likeness (QED) is 0.871. The maximum atomic E-state index is 11.7. The van der Waals surface area contributed by atoms with Gasteiger partial charge in [-0.25, -0.2) is 0 Å². The van der Waals surface area contributed by atoms with Gasteiger partial charge in [-0.2, -0.15) is 0 Å². The highest BCUT2D eigenvalue weighted by atomic mass is 16.1. The molecule has 1 unspecified atom stereocenters. The average molecular weight is 256 g/mol. The van der Waals surface area contributed by atoms with Gasteiger partial charge in [-0.3, -0.25) is 4.79 Å². The van der Waals surface area contributed by atoms with Gasteiger partial charge in [0.1, 0.15) is 0 Å². The lowest BCUT2D eigenvalue weighted by atomic mass is 10.1. The molecule has 0 fully saturated rings. The Morgan fingerprint density at radius 2 is 2.26 bits per heavy atom. The molecule has 0 saturated carbocycles. The summed E-state index contributed by atoms with van der Waals surface area (Å²) in [5.41, 5.74) is 5.18. The fraction of sp³-hybridized carbons (Fsp3) is 0.438. The van der Waals surface area contributed by atoms with Gasteiger partial charge in [0.25, 0.3) is 0 Å². The van der Waals surface area contributed by atoms with Crippen LogP contribution in [0.2, 0.25) is 0 Å². The maximum Gasteiger partial charge on any atom is 0.220 e. The molecule has 2 aromatic rings. The summed E-state index contributed by atoms with van der Waals surface area (Å²) in [7, 11) is 0. The molecule has 19 heavy (non-hydrogen) atoms. The summed E-state index contributed by atoms with van der Waals surface area (Å²) in [6.45, 7) is 4.15. The van der Waals surface area contributed by atoms with E-state index in [4.69, 9.17) is 0 Å². The standard InChI is InChI=1S/C16H20N2O/c1-3-4-16(19)17-11-8-13-12-7-10(2)5-6-14(12)18-15(13)9-11/h5-7,11,18H,3-4,8-9H2,1-2H3,(H,17,19). The van der Waals surface area contributed by atoms with E-state index in [9.17, 15) is 4.79 Å². The number of benzene rings is 1. The van der Waals surface area contributed by atoms with Crippen molar-refractivity contribution in [2.45, 2.75) is 45.6 Å². The first-order chi connectivity index (χ1) is 9.17. The topological polar surface area (TPSA) is 44.9 Å². The van der Waals surface area contributed by atoms with Gasteiger partial charge in [0.05, 0.1) is 0 Å². The minimum atomic E-state index is 0.179. The number of rotatable bonds is 3. The monoisotopic (exact) mass is 256 g/mol. The molecule has 0 radical (unpaired) electrons. The highest BCUT2D eigenvalue weighted by Crippen LogP contribution is 2.30. The van der Waals surface area contributed by atoms with Crippen molar-refractivity contribution in [2.24, 2.45) is 0 Å². The van der Waals surface area contributed by atoms with Crippen LogP contribution >= 0.6 is 0 Å². The first kappa shape index (κ1) is 12.3. The van der Waals surface area contributed by atoms with Gasteiger partial charge in [0, 0.05) is 35.5 Å². The summed E-state index contributed by atoms with van der Waals surface area (Å²) in [6, 6.07) is 6.79. The van der Waals surface area contributed by atoms with Crippen LogP contribution in [0.4, 0.5) is 0 Å². The van der Waals surface area contributed by atoms with Crippen LogP contribution in [0.25, 0.3) is 10.9 Å². The van der Waals surface area contributed by atoms with Gasteiger partial charge >= 0.3 is 0 Å². The maximum absolute atomic E-state index is 11.7. The molecule has 1 aromatic heterocycles. The van der Waals surface area contributed by atoms with Crippen molar-refractivity contribution < 1.29 is 4.79 Å². The molecule has 3 nitrogen and oxygen atoms in total. The summed E-state index contributed by atoms with van der Waals surface area (Å²) in [5.74, 6) is 0.179. The van der Waals surface area contributed by atoms with E-state index >= 15 is 0 Å². The number of fused-ring (bicyclic) bond motifs is 3. The summed E-state index contributed by atoms with van der Waals surface area (Å²) in [5, 5.41) is 4.45. The number of amides is 1. The summed E-state index contributed by atoms with van der Waals surface area (Å²) in [6.07, 6.45) is 3.42. The molecule has 3 rings (SSSR count). The molecule has 1 heterocycles. The Morgan fingerprint density at radius 1 is 1.42 bits per heavy atom. The predicted molar refractivity (Wildman–Crippen MR) is 77.3 cm³/mol. The van der Waals surface area contributed by atoms with Crippen LogP contribution in [0.15, 0.2) is 18.2 Å². The van der Waals surface area contributed by atoms with Crippen LogP contribution in [0, 0.1) is 6.92 Å². The predicted octanol–water partition coefficient (Wildman–Crippen LogP) is 2.86. The summed E-state index contributed by atoms with van der Waals surface area (Å²) < 4.78 is 0. The van der Waals surface area contributed by atoms with Crippen LogP contribution in [0.3, 0.4) is 0 Å².